The second kappa shape index (κ2) is 6.87. The molecule has 2 aromatic carbocycles. The Labute approximate surface area is 142 Å². The van der Waals surface area contributed by atoms with E-state index in [0.717, 1.165) is 47.4 Å². The summed E-state index contributed by atoms with van der Waals surface area (Å²) in [5, 5.41) is 4.16. The molecular weight excluding hydrogens is 302 g/mol. The van der Waals surface area contributed by atoms with Gasteiger partial charge in [-0.3, -0.25) is 0 Å². The molecule has 1 aliphatic carbocycles. The molecule has 0 aromatic heterocycles. The van der Waals surface area contributed by atoms with Crippen molar-refractivity contribution in [1.29, 1.82) is 0 Å². The number of ether oxygens (including phenoxy) is 1. The number of fused-ring (bicyclic) bond motifs is 1. The summed E-state index contributed by atoms with van der Waals surface area (Å²) in [7, 11) is 1.68. The SMILES string of the molecule is COc1cc2c(cc1C)/C(=N\OC(=O)c1ccccc1C)CCC2. The zero-order chi connectivity index (χ0) is 17.1. The van der Waals surface area contributed by atoms with E-state index >= 15 is 0 Å². The standard InChI is InChI=1S/C20H21NO3/c1-13-7-4-5-9-16(13)20(22)24-21-18-10-6-8-15-12-19(23-3)14(2)11-17(15)18/h4-5,7,9,11-12H,6,8,10H2,1-3H3/b21-18-. The fourth-order valence-corrected chi connectivity index (χ4v) is 3.05. The molecule has 0 aliphatic heterocycles. The van der Waals surface area contributed by atoms with Gasteiger partial charge < -0.3 is 9.57 Å². The lowest BCUT2D eigenvalue weighted by Crippen LogP contribution is -2.14. The second-order valence-electron chi connectivity index (χ2n) is 6.06. The minimum absolute atomic E-state index is 0.419. The zero-order valence-corrected chi connectivity index (χ0v) is 14.3. The summed E-state index contributed by atoms with van der Waals surface area (Å²) in [6.45, 7) is 3.89. The maximum absolute atomic E-state index is 12.2. The van der Waals surface area contributed by atoms with Gasteiger partial charge in [0.15, 0.2) is 0 Å². The summed E-state index contributed by atoms with van der Waals surface area (Å²) in [5.74, 6) is 0.463. The molecule has 4 nitrogen and oxygen atoms in total. The number of methoxy groups -OCH3 is 1. The molecule has 3 rings (SSSR count). The maximum Gasteiger partial charge on any atom is 0.366 e. The molecule has 4 heteroatoms. The predicted octanol–water partition coefficient (Wildman–Crippen LogP) is 4.21. The molecule has 0 fully saturated rings. The smallest absolute Gasteiger partial charge is 0.366 e. The highest BCUT2D eigenvalue weighted by molar-refractivity contribution is 6.03. The molecule has 24 heavy (non-hydrogen) atoms. The van der Waals surface area contributed by atoms with Crippen LogP contribution in [0.4, 0.5) is 0 Å². The van der Waals surface area contributed by atoms with Crippen molar-refractivity contribution in [2.45, 2.75) is 33.1 Å². The Morgan fingerprint density at radius 2 is 1.88 bits per heavy atom. The molecule has 124 valence electrons. The number of nitrogens with zero attached hydrogens (tertiary/aromatic N) is 1. The van der Waals surface area contributed by atoms with Crippen LogP contribution in [0.5, 0.6) is 5.75 Å². The third kappa shape index (κ3) is 3.18. The molecule has 0 heterocycles. The number of benzene rings is 2. The van der Waals surface area contributed by atoms with Crippen LogP contribution in [-0.4, -0.2) is 18.8 Å². The van der Waals surface area contributed by atoms with Crippen molar-refractivity contribution in [3.63, 3.8) is 0 Å². The van der Waals surface area contributed by atoms with E-state index in [9.17, 15) is 4.79 Å². The summed E-state index contributed by atoms with van der Waals surface area (Å²) >= 11 is 0. The Morgan fingerprint density at radius 1 is 1.08 bits per heavy atom. The van der Waals surface area contributed by atoms with Crippen LogP contribution in [0.3, 0.4) is 0 Å². The van der Waals surface area contributed by atoms with Crippen LogP contribution in [0.15, 0.2) is 41.6 Å². The number of rotatable bonds is 3. The molecule has 0 saturated heterocycles. The third-order valence-electron chi connectivity index (χ3n) is 4.40. The molecule has 0 spiro atoms. The quantitative estimate of drug-likeness (QED) is 0.628. The summed E-state index contributed by atoms with van der Waals surface area (Å²) in [6.07, 6.45) is 2.77. The Kier molecular flexibility index (Phi) is 4.65. The van der Waals surface area contributed by atoms with Crippen LogP contribution in [0.25, 0.3) is 0 Å². The van der Waals surface area contributed by atoms with E-state index in [0.29, 0.717) is 5.56 Å². The zero-order valence-electron chi connectivity index (χ0n) is 14.3. The maximum atomic E-state index is 12.2. The number of carbonyl (C=O) groups is 1. The molecule has 0 radical (unpaired) electrons. The Balaban J connectivity index is 1.87. The van der Waals surface area contributed by atoms with Crippen LogP contribution < -0.4 is 4.74 Å². The summed E-state index contributed by atoms with van der Waals surface area (Å²) in [6, 6.07) is 11.5. The van der Waals surface area contributed by atoms with Crippen molar-refractivity contribution in [3.05, 3.63) is 64.2 Å². The number of carbonyl (C=O) groups excluding carboxylic acids is 1. The van der Waals surface area contributed by atoms with E-state index < -0.39 is 5.97 Å². The van der Waals surface area contributed by atoms with Gasteiger partial charge in [-0.05, 0) is 68.0 Å². The number of aryl methyl sites for hydroxylation is 3. The summed E-state index contributed by atoms with van der Waals surface area (Å²) in [4.78, 5) is 17.5. The lowest BCUT2D eigenvalue weighted by Gasteiger charge is -2.19. The highest BCUT2D eigenvalue weighted by atomic mass is 16.7. The van der Waals surface area contributed by atoms with Crippen molar-refractivity contribution in [2.24, 2.45) is 5.16 Å². The largest absolute Gasteiger partial charge is 0.496 e. The minimum Gasteiger partial charge on any atom is -0.496 e. The van der Waals surface area contributed by atoms with Gasteiger partial charge in [0.1, 0.15) is 5.75 Å². The highest BCUT2D eigenvalue weighted by Crippen LogP contribution is 2.29. The van der Waals surface area contributed by atoms with Crippen molar-refractivity contribution in [3.8, 4) is 5.75 Å². The first kappa shape index (κ1) is 16.2. The minimum atomic E-state index is -0.419. The molecule has 0 atom stereocenters. The fourth-order valence-electron chi connectivity index (χ4n) is 3.05. The normalized spacial score (nSPS) is 15.0. The van der Waals surface area contributed by atoms with E-state index in [1.54, 1.807) is 13.2 Å². The van der Waals surface area contributed by atoms with Crippen molar-refractivity contribution < 1.29 is 14.4 Å². The molecule has 2 aromatic rings. The molecule has 0 amide bonds. The van der Waals surface area contributed by atoms with Crippen LogP contribution >= 0.6 is 0 Å². The summed E-state index contributed by atoms with van der Waals surface area (Å²) < 4.78 is 5.39. The van der Waals surface area contributed by atoms with Gasteiger partial charge in [0.25, 0.3) is 0 Å². The van der Waals surface area contributed by atoms with Gasteiger partial charge in [-0.2, -0.15) is 0 Å². The topological polar surface area (TPSA) is 47.9 Å². The molecule has 0 N–H and O–H groups in total. The first-order valence-electron chi connectivity index (χ1n) is 8.12. The first-order valence-corrected chi connectivity index (χ1v) is 8.12. The van der Waals surface area contributed by atoms with Gasteiger partial charge in [-0.25, -0.2) is 4.79 Å². The third-order valence-corrected chi connectivity index (χ3v) is 4.40. The van der Waals surface area contributed by atoms with Crippen molar-refractivity contribution in [1.82, 2.24) is 0 Å². The fraction of sp³-hybridized carbons (Fsp3) is 0.300. The van der Waals surface area contributed by atoms with Crippen molar-refractivity contribution in [2.75, 3.05) is 7.11 Å². The monoisotopic (exact) mass is 323 g/mol. The average molecular weight is 323 g/mol. The van der Waals surface area contributed by atoms with E-state index in [1.807, 2.05) is 32.0 Å². The predicted molar refractivity (Wildman–Crippen MR) is 93.8 cm³/mol. The van der Waals surface area contributed by atoms with Gasteiger partial charge in [0.2, 0.25) is 0 Å². The molecule has 1 aliphatic rings. The first-order chi connectivity index (χ1) is 11.6. The lowest BCUT2D eigenvalue weighted by atomic mass is 9.88. The van der Waals surface area contributed by atoms with E-state index in [2.05, 4.69) is 17.3 Å². The Hall–Kier alpha value is -2.62. The summed E-state index contributed by atoms with van der Waals surface area (Å²) in [5.41, 5.74) is 5.54. The number of hydrogen-bond donors (Lipinski definition) is 0. The van der Waals surface area contributed by atoms with Gasteiger partial charge in [-0.15, -0.1) is 0 Å². The van der Waals surface area contributed by atoms with Crippen LogP contribution in [-0.2, 0) is 11.3 Å². The van der Waals surface area contributed by atoms with Crippen molar-refractivity contribution >= 4 is 11.7 Å². The molecule has 0 saturated carbocycles. The van der Waals surface area contributed by atoms with E-state index in [1.165, 1.54) is 5.56 Å². The van der Waals surface area contributed by atoms with Crippen LogP contribution in [0.2, 0.25) is 0 Å². The number of hydrogen-bond acceptors (Lipinski definition) is 4. The van der Waals surface area contributed by atoms with Gasteiger partial charge in [0, 0.05) is 5.56 Å². The van der Waals surface area contributed by atoms with E-state index in [-0.39, 0.29) is 0 Å². The Bertz CT molecular complexity index is 809. The molecular formula is C20H21NO3. The van der Waals surface area contributed by atoms with Gasteiger partial charge in [0.05, 0.1) is 18.4 Å². The second-order valence-corrected chi connectivity index (χ2v) is 6.06. The van der Waals surface area contributed by atoms with Crippen LogP contribution in [0, 0.1) is 13.8 Å². The van der Waals surface area contributed by atoms with Gasteiger partial charge >= 0.3 is 5.97 Å². The Morgan fingerprint density at radius 3 is 2.62 bits per heavy atom. The van der Waals surface area contributed by atoms with Gasteiger partial charge in [-0.1, -0.05) is 23.4 Å². The number of oxime groups is 1. The van der Waals surface area contributed by atoms with Crippen LogP contribution in [0.1, 0.15) is 45.5 Å². The lowest BCUT2D eigenvalue weighted by molar-refractivity contribution is 0.0514. The average Bonchev–Trinajstić information content (AvgIpc) is 2.59. The highest BCUT2D eigenvalue weighted by Gasteiger charge is 2.19. The van der Waals surface area contributed by atoms with E-state index in [4.69, 9.17) is 9.57 Å². The molecule has 0 unspecified atom stereocenters. The molecule has 0 bridgehead atoms.